The topological polar surface area (TPSA) is 72.9 Å². The molecule has 2 heterocycles. The van der Waals surface area contributed by atoms with E-state index in [9.17, 15) is 4.79 Å². The van der Waals surface area contributed by atoms with Crippen molar-refractivity contribution < 1.29 is 9.90 Å². The molecule has 19 heavy (non-hydrogen) atoms. The Labute approximate surface area is 115 Å². The van der Waals surface area contributed by atoms with Crippen LogP contribution in [0.2, 0.25) is 5.02 Å². The van der Waals surface area contributed by atoms with Gasteiger partial charge in [0.1, 0.15) is 5.56 Å². The molecule has 2 aromatic rings. The lowest BCUT2D eigenvalue weighted by Crippen LogP contribution is -2.06. The molecule has 0 bridgehead atoms. The molecule has 0 aliphatic heterocycles. The molecule has 0 fully saturated rings. The second-order valence-electron chi connectivity index (χ2n) is 4.32. The molecule has 0 aromatic carbocycles. The zero-order valence-electron chi connectivity index (χ0n) is 11.0. The fraction of sp³-hybridized carbons (Fsp3) is 0.417. The molecule has 102 valence electrons. The van der Waals surface area contributed by atoms with E-state index in [0.29, 0.717) is 17.3 Å². The zero-order valence-corrected chi connectivity index (χ0v) is 11.8. The highest BCUT2D eigenvalue weighted by molar-refractivity contribution is 6.31. The summed E-state index contributed by atoms with van der Waals surface area (Å²) < 4.78 is 3.28. The zero-order chi connectivity index (χ0) is 14.2. The van der Waals surface area contributed by atoms with Crippen LogP contribution in [0.15, 0.2) is 6.20 Å². The van der Waals surface area contributed by atoms with Gasteiger partial charge in [0.15, 0.2) is 0 Å². The normalized spacial score (nSPS) is 10.9. The van der Waals surface area contributed by atoms with Crippen molar-refractivity contribution in [3.05, 3.63) is 33.9 Å². The first-order chi connectivity index (χ1) is 8.93. The molecular weight excluding hydrogens is 268 g/mol. The third kappa shape index (κ3) is 2.49. The summed E-state index contributed by atoms with van der Waals surface area (Å²) in [6.07, 6.45) is 2.26. The van der Waals surface area contributed by atoms with Crippen molar-refractivity contribution in [3.63, 3.8) is 0 Å². The maximum absolute atomic E-state index is 11.0. The fourth-order valence-corrected chi connectivity index (χ4v) is 2.31. The number of carboxylic acid groups (broad SMARTS) is 1. The second kappa shape index (κ2) is 5.05. The molecule has 2 aromatic heterocycles. The molecule has 0 unspecified atom stereocenters. The summed E-state index contributed by atoms with van der Waals surface area (Å²) in [7, 11) is 1.81. The van der Waals surface area contributed by atoms with E-state index in [1.807, 2.05) is 14.0 Å². The Morgan fingerprint density at radius 2 is 2.16 bits per heavy atom. The summed E-state index contributed by atoms with van der Waals surface area (Å²) in [6.45, 7) is 4.05. The monoisotopic (exact) mass is 282 g/mol. The minimum atomic E-state index is -0.978. The molecule has 0 atom stereocenters. The molecule has 7 heteroatoms. The van der Waals surface area contributed by atoms with Gasteiger partial charge in [0.05, 0.1) is 28.6 Å². The smallest absolute Gasteiger partial charge is 0.339 e. The number of carboxylic acids is 1. The molecular formula is C12H15ClN4O2. The van der Waals surface area contributed by atoms with E-state index in [1.165, 1.54) is 6.20 Å². The van der Waals surface area contributed by atoms with Crippen molar-refractivity contribution in [1.82, 2.24) is 19.6 Å². The molecule has 0 saturated heterocycles. The van der Waals surface area contributed by atoms with Crippen molar-refractivity contribution in [2.75, 3.05) is 0 Å². The lowest BCUT2D eigenvalue weighted by atomic mass is 10.3. The molecule has 0 spiro atoms. The van der Waals surface area contributed by atoms with Crippen molar-refractivity contribution in [2.24, 2.45) is 7.05 Å². The molecule has 2 rings (SSSR count). The van der Waals surface area contributed by atoms with E-state index in [1.54, 1.807) is 16.3 Å². The first kappa shape index (κ1) is 13.6. The van der Waals surface area contributed by atoms with Crippen molar-refractivity contribution >= 4 is 17.6 Å². The largest absolute Gasteiger partial charge is 0.478 e. The molecule has 0 saturated carbocycles. The standard InChI is InChI=1S/C12H15ClN4O2/c1-4-9-11(13)10(16(3)15-9)6-17-5-8(12(18)19)7(2)14-17/h5H,4,6H2,1-3H3,(H,18,19). The van der Waals surface area contributed by atoms with Crippen LogP contribution in [0.3, 0.4) is 0 Å². The predicted octanol–water partition coefficient (Wildman–Crippen LogP) is 1.89. The predicted molar refractivity (Wildman–Crippen MR) is 70.6 cm³/mol. The number of aryl methyl sites for hydroxylation is 3. The molecule has 0 amide bonds. The lowest BCUT2D eigenvalue weighted by Gasteiger charge is -2.02. The van der Waals surface area contributed by atoms with Gasteiger partial charge in [-0.25, -0.2) is 4.79 Å². The second-order valence-corrected chi connectivity index (χ2v) is 4.69. The minimum Gasteiger partial charge on any atom is -0.478 e. The highest BCUT2D eigenvalue weighted by Crippen LogP contribution is 2.21. The van der Waals surface area contributed by atoms with E-state index in [2.05, 4.69) is 10.2 Å². The van der Waals surface area contributed by atoms with E-state index < -0.39 is 5.97 Å². The summed E-state index contributed by atoms with van der Waals surface area (Å²) in [5.41, 5.74) is 2.34. The van der Waals surface area contributed by atoms with Gasteiger partial charge in [0.25, 0.3) is 0 Å². The molecule has 6 nitrogen and oxygen atoms in total. The summed E-state index contributed by atoms with van der Waals surface area (Å²) >= 11 is 6.25. The fourth-order valence-electron chi connectivity index (χ4n) is 1.95. The summed E-state index contributed by atoms with van der Waals surface area (Å²) in [4.78, 5) is 11.0. The number of aromatic carboxylic acids is 1. The molecule has 0 radical (unpaired) electrons. The van der Waals surface area contributed by atoms with Crippen LogP contribution in [0.4, 0.5) is 0 Å². The van der Waals surface area contributed by atoms with Crippen LogP contribution < -0.4 is 0 Å². The number of hydrogen-bond donors (Lipinski definition) is 1. The Hall–Kier alpha value is -1.82. The number of hydrogen-bond acceptors (Lipinski definition) is 3. The van der Waals surface area contributed by atoms with Gasteiger partial charge in [-0.15, -0.1) is 0 Å². The number of nitrogens with zero attached hydrogens (tertiary/aromatic N) is 4. The van der Waals surface area contributed by atoms with Crippen LogP contribution in [0.25, 0.3) is 0 Å². The van der Waals surface area contributed by atoms with Crippen molar-refractivity contribution in [1.29, 1.82) is 0 Å². The van der Waals surface area contributed by atoms with Crippen LogP contribution in [0, 0.1) is 6.92 Å². The van der Waals surface area contributed by atoms with Gasteiger partial charge >= 0.3 is 5.97 Å². The maximum Gasteiger partial charge on any atom is 0.339 e. The van der Waals surface area contributed by atoms with Gasteiger partial charge in [0.2, 0.25) is 0 Å². The Bertz CT molecular complexity index is 630. The summed E-state index contributed by atoms with van der Waals surface area (Å²) in [6, 6.07) is 0. The van der Waals surface area contributed by atoms with Crippen LogP contribution >= 0.6 is 11.6 Å². The summed E-state index contributed by atoms with van der Waals surface area (Å²) in [5.74, 6) is -0.978. The third-order valence-electron chi connectivity index (χ3n) is 2.99. The number of halogens is 1. The summed E-state index contributed by atoms with van der Waals surface area (Å²) in [5, 5.41) is 18.1. The molecule has 0 aliphatic carbocycles. The van der Waals surface area contributed by atoms with E-state index in [0.717, 1.165) is 17.8 Å². The maximum atomic E-state index is 11.0. The van der Waals surface area contributed by atoms with Gasteiger partial charge in [-0.1, -0.05) is 18.5 Å². The Morgan fingerprint density at radius 3 is 2.63 bits per heavy atom. The van der Waals surface area contributed by atoms with Crippen molar-refractivity contribution in [3.8, 4) is 0 Å². The average molecular weight is 283 g/mol. The van der Waals surface area contributed by atoms with E-state index in [-0.39, 0.29) is 5.56 Å². The molecule has 1 N–H and O–H groups in total. The SMILES string of the molecule is CCc1nn(C)c(Cn2cc(C(=O)O)c(C)n2)c1Cl. The number of carbonyl (C=O) groups is 1. The Morgan fingerprint density at radius 1 is 1.47 bits per heavy atom. The van der Waals surface area contributed by atoms with Gasteiger partial charge in [-0.3, -0.25) is 9.36 Å². The first-order valence-corrected chi connectivity index (χ1v) is 6.29. The number of rotatable bonds is 4. The van der Waals surface area contributed by atoms with Crippen molar-refractivity contribution in [2.45, 2.75) is 26.8 Å². The Kier molecular flexibility index (Phi) is 3.61. The van der Waals surface area contributed by atoms with Gasteiger partial charge in [-0.2, -0.15) is 10.2 Å². The lowest BCUT2D eigenvalue weighted by molar-refractivity contribution is 0.0696. The Balaban J connectivity index is 2.34. The molecule has 0 aliphatic rings. The first-order valence-electron chi connectivity index (χ1n) is 5.91. The van der Waals surface area contributed by atoms with Gasteiger partial charge < -0.3 is 5.11 Å². The van der Waals surface area contributed by atoms with Crippen LogP contribution in [0.1, 0.15) is 34.4 Å². The van der Waals surface area contributed by atoms with Crippen LogP contribution in [-0.4, -0.2) is 30.6 Å². The van der Waals surface area contributed by atoms with Gasteiger partial charge in [0, 0.05) is 13.2 Å². The van der Waals surface area contributed by atoms with E-state index in [4.69, 9.17) is 16.7 Å². The van der Waals surface area contributed by atoms with Crippen LogP contribution in [-0.2, 0) is 20.0 Å². The minimum absolute atomic E-state index is 0.203. The quantitative estimate of drug-likeness (QED) is 0.929. The number of aromatic nitrogens is 4. The average Bonchev–Trinajstić information content (AvgIpc) is 2.84. The highest BCUT2D eigenvalue weighted by atomic mass is 35.5. The van der Waals surface area contributed by atoms with Crippen LogP contribution in [0.5, 0.6) is 0 Å². The van der Waals surface area contributed by atoms with E-state index >= 15 is 0 Å². The van der Waals surface area contributed by atoms with Gasteiger partial charge in [-0.05, 0) is 13.3 Å². The highest BCUT2D eigenvalue weighted by Gasteiger charge is 2.16. The third-order valence-corrected chi connectivity index (χ3v) is 3.43.